The number of anilines is 1. The number of pyridine rings is 1. The van der Waals surface area contributed by atoms with Crippen molar-refractivity contribution < 1.29 is 15.0 Å². The highest BCUT2D eigenvalue weighted by Crippen LogP contribution is 2.07. The van der Waals surface area contributed by atoms with Crippen LogP contribution in [0.1, 0.15) is 24.3 Å². The number of nitrogens with one attached hydrogen (secondary N) is 1. The lowest BCUT2D eigenvalue weighted by molar-refractivity contribution is 0.0690. The van der Waals surface area contributed by atoms with Crippen LogP contribution in [0.3, 0.4) is 0 Å². The number of nitrogens with zero attached hydrogens (tertiary/aromatic N) is 1. The molecule has 5 nitrogen and oxygen atoms in total. The fourth-order valence-electron chi connectivity index (χ4n) is 0.959. The van der Waals surface area contributed by atoms with Crippen molar-refractivity contribution in [1.82, 2.24) is 4.98 Å². The maximum atomic E-state index is 10.6. The third-order valence-electron chi connectivity index (χ3n) is 1.67. The van der Waals surface area contributed by atoms with Crippen molar-refractivity contribution in [3.8, 4) is 0 Å². The van der Waals surface area contributed by atoms with Crippen LogP contribution in [0.5, 0.6) is 0 Å². The molecule has 0 saturated heterocycles. The Labute approximate surface area is 87.8 Å². The van der Waals surface area contributed by atoms with Gasteiger partial charge in [0.05, 0.1) is 5.60 Å². The zero-order valence-electron chi connectivity index (χ0n) is 8.69. The van der Waals surface area contributed by atoms with Gasteiger partial charge in [0.15, 0.2) is 5.69 Å². The molecule has 1 aromatic rings. The van der Waals surface area contributed by atoms with Crippen LogP contribution in [-0.2, 0) is 0 Å². The Balaban J connectivity index is 2.70. The number of carboxylic acids is 1. The molecular formula is C10H14N2O3. The molecule has 0 aliphatic heterocycles. The number of aromatic carboxylic acids is 1. The predicted molar refractivity (Wildman–Crippen MR) is 56.0 cm³/mol. The average molecular weight is 210 g/mol. The zero-order valence-corrected chi connectivity index (χ0v) is 8.69. The van der Waals surface area contributed by atoms with Crippen molar-refractivity contribution in [3.63, 3.8) is 0 Å². The van der Waals surface area contributed by atoms with Gasteiger partial charge in [0.25, 0.3) is 0 Å². The molecule has 0 radical (unpaired) electrons. The van der Waals surface area contributed by atoms with E-state index in [4.69, 9.17) is 5.11 Å². The highest BCUT2D eigenvalue weighted by atomic mass is 16.4. The summed E-state index contributed by atoms with van der Waals surface area (Å²) < 4.78 is 0. The van der Waals surface area contributed by atoms with Gasteiger partial charge in [-0.3, -0.25) is 0 Å². The number of carboxylic acid groups (broad SMARTS) is 1. The lowest BCUT2D eigenvalue weighted by Crippen LogP contribution is -2.29. The Morgan fingerprint density at radius 2 is 2.20 bits per heavy atom. The molecule has 5 heteroatoms. The largest absolute Gasteiger partial charge is 0.477 e. The van der Waals surface area contributed by atoms with Gasteiger partial charge < -0.3 is 15.5 Å². The fraction of sp³-hybridized carbons (Fsp3) is 0.400. The van der Waals surface area contributed by atoms with Gasteiger partial charge in [0.1, 0.15) is 5.82 Å². The van der Waals surface area contributed by atoms with Crippen LogP contribution >= 0.6 is 0 Å². The van der Waals surface area contributed by atoms with E-state index in [-0.39, 0.29) is 5.69 Å². The number of hydrogen-bond donors (Lipinski definition) is 3. The minimum absolute atomic E-state index is 0.0178. The molecule has 82 valence electrons. The highest BCUT2D eigenvalue weighted by Gasteiger charge is 2.12. The van der Waals surface area contributed by atoms with Gasteiger partial charge in [0.2, 0.25) is 0 Å². The summed E-state index contributed by atoms with van der Waals surface area (Å²) in [5, 5.41) is 21.0. The lowest BCUT2D eigenvalue weighted by atomic mass is 10.1. The molecule has 0 aliphatic rings. The first-order valence-electron chi connectivity index (χ1n) is 4.55. The first-order valence-corrected chi connectivity index (χ1v) is 4.55. The standard InChI is InChI=1S/C10H14N2O3/c1-10(2,15)6-11-8-5-3-4-7(12-8)9(13)14/h3-5,15H,6H2,1-2H3,(H,11,12)(H,13,14). The summed E-state index contributed by atoms with van der Waals surface area (Å²) in [4.78, 5) is 14.5. The van der Waals surface area contributed by atoms with Gasteiger partial charge in [0, 0.05) is 6.54 Å². The monoisotopic (exact) mass is 210 g/mol. The van der Waals surface area contributed by atoms with Crippen molar-refractivity contribution in [2.75, 3.05) is 11.9 Å². The van der Waals surface area contributed by atoms with Crippen LogP contribution in [0.2, 0.25) is 0 Å². The fourth-order valence-corrected chi connectivity index (χ4v) is 0.959. The Morgan fingerprint density at radius 1 is 1.53 bits per heavy atom. The van der Waals surface area contributed by atoms with E-state index in [0.717, 1.165) is 0 Å². The molecule has 0 atom stereocenters. The molecule has 0 spiro atoms. The second-order valence-electron chi connectivity index (χ2n) is 3.88. The molecule has 1 heterocycles. The first kappa shape index (κ1) is 11.5. The predicted octanol–water partition coefficient (Wildman–Crippen LogP) is 0.963. The first-order chi connectivity index (χ1) is 6.88. The summed E-state index contributed by atoms with van der Waals surface area (Å²) >= 11 is 0. The van der Waals surface area contributed by atoms with Gasteiger partial charge in [-0.2, -0.15) is 0 Å². The van der Waals surface area contributed by atoms with E-state index in [1.54, 1.807) is 26.0 Å². The minimum Gasteiger partial charge on any atom is -0.477 e. The van der Waals surface area contributed by atoms with Crippen LogP contribution in [0.25, 0.3) is 0 Å². The van der Waals surface area contributed by atoms with E-state index in [1.165, 1.54) is 6.07 Å². The van der Waals surface area contributed by atoms with E-state index in [9.17, 15) is 9.90 Å². The molecule has 0 aliphatic carbocycles. The van der Waals surface area contributed by atoms with Crippen molar-refractivity contribution >= 4 is 11.8 Å². The summed E-state index contributed by atoms with van der Waals surface area (Å²) in [6.45, 7) is 3.62. The molecule has 15 heavy (non-hydrogen) atoms. The highest BCUT2D eigenvalue weighted by molar-refractivity contribution is 5.85. The molecule has 0 saturated carbocycles. The van der Waals surface area contributed by atoms with E-state index in [0.29, 0.717) is 12.4 Å². The van der Waals surface area contributed by atoms with Crippen molar-refractivity contribution in [1.29, 1.82) is 0 Å². The summed E-state index contributed by atoms with van der Waals surface area (Å²) in [6.07, 6.45) is 0. The number of carbonyl (C=O) groups is 1. The van der Waals surface area contributed by atoms with Gasteiger partial charge in [-0.15, -0.1) is 0 Å². The Bertz CT molecular complexity index is 358. The van der Waals surface area contributed by atoms with Gasteiger partial charge in [-0.1, -0.05) is 6.07 Å². The van der Waals surface area contributed by atoms with Gasteiger partial charge in [-0.25, -0.2) is 9.78 Å². The normalized spacial score (nSPS) is 11.1. The average Bonchev–Trinajstić information content (AvgIpc) is 2.14. The summed E-state index contributed by atoms with van der Waals surface area (Å²) in [5.74, 6) is -0.626. The van der Waals surface area contributed by atoms with E-state index in [1.807, 2.05) is 0 Å². The second-order valence-corrected chi connectivity index (χ2v) is 3.88. The Hall–Kier alpha value is -1.62. The molecule has 0 bridgehead atoms. The number of hydrogen-bond acceptors (Lipinski definition) is 4. The van der Waals surface area contributed by atoms with Crippen LogP contribution in [-0.4, -0.2) is 33.3 Å². The van der Waals surface area contributed by atoms with Gasteiger partial charge in [-0.05, 0) is 26.0 Å². The third-order valence-corrected chi connectivity index (χ3v) is 1.67. The van der Waals surface area contributed by atoms with Crippen molar-refractivity contribution in [3.05, 3.63) is 23.9 Å². The molecule has 0 aromatic carbocycles. The van der Waals surface area contributed by atoms with Crippen LogP contribution < -0.4 is 5.32 Å². The van der Waals surface area contributed by atoms with E-state index >= 15 is 0 Å². The maximum Gasteiger partial charge on any atom is 0.354 e. The summed E-state index contributed by atoms with van der Waals surface area (Å²) in [7, 11) is 0. The van der Waals surface area contributed by atoms with Crippen molar-refractivity contribution in [2.45, 2.75) is 19.4 Å². The van der Waals surface area contributed by atoms with Crippen molar-refractivity contribution in [2.24, 2.45) is 0 Å². The molecule has 3 N–H and O–H groups in total. The topological polar surface area (TPSA) is 82.5 Å². The smallest absolute Gasteiger partial charge is 0.354 e. The Kier molecular flexibility index (Phi) is 3.26. The lowest BCUT2D eigenvalue weighted by Gasteiger charge is -2.17. The maximum absolute atomic E-state index is 10.6. The summed E-state index contributed by atoms with van der Waals surface area (Å²) in [6, 6.07) is 4.67. The van der Waals surface area contributed by atoms with E-state index < -0.39 is 11.6 Å². The molecular weight excluding hydrogens is 196 g/mol. The molecule has 1 rings (SSSR count). The third kappa shape index (κ3) is 3.95. The molecule has 0 unspecified atom stereocenters. The number of rotatable bonds is 4. The van der Waals surface area contributed by atoms with Crippen LogP contribution in [0.15, 0.2) is 18.2 Å². The molecule has 0 fully saturated rings. The quantitative estimate of drug-likeness (QED) is 0.689. The number of aliphatic hydroxyl groups is 1. The van der Waals surface area contributed by atoms with Crippen LogP contribution in [0, 0.1) is 0 Å². The SMILES string of the molecule is CC(C)(O)CNc1cccc(C(=O)O)n1. The van der Waals surface area contributed by atoms with Gasteiger partial charge >= 0.3 is 5.97 Å². The second kappa shape index (κ2) is 4.27. The Morgan fingerprint density at radius 3 is 2.73 bits per heavy atom. The molecule has 0 amide bonds. The van der Waals surface area contributed by atoms with E-state index in [2.05, 4.69) is 10.3 Å². The summed E-state index contributed by atoms with van der Waals surface area (Å²) in [5.41, 5.74) is -0.878. The zero-order chi connectivity index (χ0) is 11.5. The molecule has 1 aromatic heterocycles. The van der Waals surface area contributed by atoms with Crippen LogP contribution in [0.4, 0.5) is 5.82 Å². The minimum atomic E-state index is -1.07. The number of aromatic nitrogens is 1.